The van der Waals surface area contributed by atoms with Gasteiger partial charge in [0.15, 0.2) is 0 Å². The van der Waals surface area contributed by atoms with Gasteiger partial charge in [0.1, 0.15) is 4.88 Å². The van der Waals surface area contributed by atoms with Crippen molar-refractivity contribution in [3.8, 4) is 0 Å². The van der Waals surface area contributed by atoms with Gasteiger partial charge in [-0.15, -0.1) is 11.3 Å². The van der Waals surface area contributed by atoms with Gasteiger partial charge in [0.2, 0.25) is 5.91 Å². The molecule has 1 unspecified atom stereocenters. The van der Waals surface area contributed by atoms with Crippen LogP contribution < -0.4 is 5.32 Å². The number of amides is 2. The molecule has 2 aromatic rings. The Kier molecular flexibility index (Phi) is 5.33. The average Bonchev–Trinajstić information content (AvgIpc) is 3.27. The van der Waals surface area contributed by atoms with E-state index in [0.717, 1.165) is 30.0 Å². The molecular formula is C20H20F3N3O2S. The standard InChI is InChI=1S/C20H20F3N3O2S/c21-20(22,23)14-4-1-3-13(9-14)15(11-26-8-2-5-17(26)27)25-18(28)16-10-24-19(29-16)12-6-7-12/h1,3-4,9-10,12,15H,2,5-8,11H2,(H,25,28). The van der Waals surface area contributed by atoms with Gasteiger partial charge in [0.05, 0.1) is 22.8 Å². The first-order valence-corrected chi connectivity index (χ1v) is 10.3. The Morgan fingerprint density at radius 2 is 2.14 bits per heavy atom. The topological polar surface area (TPSA) is 62.3 Å². The maximum Gasteiger partial charge on any atom is 0.416 e. The highest BCUT2D eigenvalue weighted by molar-refractivity contribution is 7.13. The number of thiazole rings is 1. The lowest BCUT2D eigenvalue weighted by atomic mass is 10.0. The summed E-state index contributed by atoms with van der Waals surface area (Å²) in [5.41, 5.74) is -0.462. The van der Waals surface area contributed by atoms with Crippen LogP contribution in [0.2, 0.25) is 0 Å². The van der Waals surface area contributed by atoms with E-state index in [9.17, 15) is 22.8 Å². The minimum absolute atomic E-state index is 0.0509. The monoisotopic (exact) mass is 423 g/mol. The fourth-order valence-electron chi connectivity index (χ4n) is 3.42. The predicted molar refractivity (Wildman–Crippen MR) is 102 cm³/mol. The third kappa shape index (κ3) is 4.60. The van der Waals surface area contributed by atoms with Crippen molar-refractivity contribution in [3.05, 3.63) is 51.5 Å². The van der Waals surface area contributed by atoms with E-state index >= 15 is 0 Å². The summed E-state index contributed by atoms with van der Waals surface area (Å²) in [6.45, 7) is 0.677. The molecular weight excluding hydrogens is 403 g/mol. The molecule has 29 heavy (non-hydrogen) atoms. The molecule has 154 valence electrons. The Morgan fingerprint density at radius 1 is 1.34 bits per heavy atom. The van der Waals surface area contributed by atoms with E-state index in [4.69, 9.17) is 0 Å². The largest absolute Gasteiger partial charge is 0.416 e. The first kappa shape index (κ1) is 19.9. The molecule has 1 aliphatic heterocycles. The lowest BCUT2D eigenvalue weighted by molar-refractivity contribution is -0.137. The SMILES string of the molecule is O=C(NC(CN1CCCC1=O)c1cccc(C(F)(F)F)c1)c1cnc(C2CC2)s1. The van der Waals surface area contributed by atoms with Crippen molar-refractivity contribution >= 4 is 23.2 Å². The number of halogens is 3. The maximum atomic E-state index is 13.2. The number of aromatic nitrogens is 1. The smallest absolute Gasteiger partial charge is 0.343 e. The zero-order valence-corrected chi connectivity index (χ0v) is 16.4. The van der Waals surface area contributed by atoms with Crippen molar-refractivity contribution in [1.29, 1.82) is 0 Å². The van der Waals surface area contributed by atoms with E-state index in [1.165, 1.54) is 23.6 Å². The van der Waals surface area contributed by atoms with Gasteiger partial charge in [0.25, 0.3) is 5.91 Å². The number of benzene rings is 1. The lowest BCUT2D eigenvalue weighted by Crippen LogP contribution is -2.38. The zero-order valence-electron chi connectivity index (χ0n) is 15.5. The van der Waals surface area contributed by atoms with Crippen LogP contribution in [0.5, 0.6) is 0 Å². The van der Waals surface area contributed by atoms with E-state index < -0.39 is 17.8 Å². The van der Waals surface area contributed by atoms with Gasteiger partial charge >= 0.3 is 6.18 Å². The normalized spacial score (nSPS) is 18.2. The van der Waals surface area contributed by atoms with Crippen LogP contribution in [-0.2, 0) is 11.0 Å². The van der Waals surface area contributed by atoms with Crippen LogP contribution in [0.3, 0.4) is 0 Å². The van der Waals surface area contributed by atoms with Gasteiger partial charge in [-0.1, -0.05) is 12.1 Å². The Balaban J connectivity index is 1.57. The second kappa shape index (κ2) is 7.78. The Labute approximate surface area is 169 Å². The fourth-order valence-corrected chi connectivity index (χ4v) is 4.41. The summed E-state index contributed by atoms with van der Waals surface area (Å²) in [7, 11) is 0. The predicted octanol–water partition coefficient (Wildman–Crippen LogP) is 4.13. The van der Waals surface area contributed by atoms with Crippen LogP contribution in [0.4, 0.5) is 13.2 Å². The Bertz CT molecular complexity index is 924. The number of carbonyl (C=O) groups excluding carboxylic acids is 2. The molecule has 2 aliphatic rings. The Morgan fingerprint density at radius 3 is 2.79 bits per heavy atom. The van der Waals surface area contributed by atoms with Crippen LogP contribution >= 0.6 is 11.3 Å². The summed E-state index contributed by atoms with van der Waals surface area (Å²) >= 11 is 1.32. The third-order valence-corrected chi connectivity index (χ3v) is 6.33. The second-order valence-corrected chi connectivity index (χ2v) is 8.49. The number of rotatable bonds is 6. The highest BCUT2D eigenvalue weighted by Crippen LogP contribution is 2.41. The fraction of sp³-hybridized carbons (Fsp3) is 0.450. The van der Waals surface area contributed by atoms with Crippen molar-refractivity contribution in [2.75, 3.05) is 13.1 Å². The van der Waals surface area contributed by atoms with Crippen molar-refractivity contribution in [2.45, 2.75) is 43.8 Å². The van der Waals surface area contributed by atoms with E-state index in [-0.39, 0.29) is 18.4 Å². The summed E-state index contributed by atoms with van der Waals surface area (Å²) in [5.74, 6) is -0.0171. The van der Waals surface area contributed by atoms with Gasteiger partial charge < -0.3 is 10.2 Å². The highest BCUT2D eigenvalue weighted by atomic mass is 32.1. The minimum Gasteiger partial charge on any atom is -0.343 e. The summed E-state index contributed by atoms with van der Waals surface area (Å²) < 4.78 is 39.5. The summed E-state index contributed by atoms with van der Waals surface area (Å²) in [4.78, 5) is 31.1. The Hall–Kier alpha value is -2.42. The van der Waals surface area contributed by atoms with E-state index in [0.29, 0.717) is 35.7 Å². The lowest BCUT2D eigenvalue weighted by Gasteiger charge is -2.25. The third-order valence-electron chi connectivity index (χ3n) is 5.17. The van der Waals surface area contributed by atoms with Crippen molar-refractivity contribution in [2.24, 2.45) is 0 Å². The van der Waals surface area contributed by atoms with Crippen molar-refractivity contribution in [3.63, 3.8) is 0 Å². The van der Waals surface area contributed by atoms with Crippen LogP contribution in [0, 0.1) is 0 Å². The molecule has 1 atom stereocenters. The molecule has 5 nitrogen and oxygen atoms in total. The number of carbonyl (C=O) groups is 2. The first-order chi connectivity index (χ1) is 13.8. The quantitative estimate of drug-likeness (QED) is 0.760. The highest BCUT2D eigenvalue weighted by Gasteiger charge is 2.33. The summed E-state index contributed by atoms with van der Waals surface area (Å²) in [5, 5.41) is 3.74. The average molecular weight is 423 g/mol. The first-order valence-electron chi connectivity index (χ1n) is 9.53. The number of likely N-dealkylation sites (tertiary alicyclic amines) is 1. The van der Waals surface area contributed by atoms with Crippen molar-refractivity contribution < 1.29 is 22.8 Å². The molecule has 4 rings (SSSR count). The molecule has 1 aromatic carbocycles. The number of nitrogens with one attached hydrogen (secondary N) is 1. The molecule has 2 amide bonds. The molecule has 0 bridgehead atoms. The summed E-state index contributed by atoms with van der Waals surface area (Å²) in [6, 6.07) is 4.16. The minimum atomic E-state index is -4.48. The van der Waals surface area contributed by atoms with E-state index in [1.807, 2.05) is 0 Å². The van der Waals surface area contributed by atoms with Gasteiger partial charge in [-0.05, 0) is 37.0 Å². The van der Waals surface area contributed by atoms with Gasteiger partial charge in [-0.2, -0.15) is 13.2 Å². The van der Waals surface area contributed by atoms with Crippen LogP contribution in [0.15, 0.2) is 30.5 Å². The van der Waals surface area contributed by atoms with Crippen molar-refractivity contribution in [1.82, 2.24) is 15.2 Å². The molecule has 1 saturated heterocycles. The molecule has 9 heteroatoms. The van der Waals surface area contributed by atoms with Crippen LogP contribution in [0.1, 0.15) is 63.4 Å². The molecule has 0 spiro atoms. The molecule has 0 radical (unpaired) electrons. The molecule has 1 aliphatic carbocycles. The van der Waals surface area contributed by atoms with Gasteiger partial charge in [0, 0.05) is 25.4 Å². The molecule has 1 saturated carbocycles. The van der Waals surface area contributed by atoms with Gasteiger partial charge in [-0.25, -0.2) is 4.98 Å². The van der Waals surface area contributed by atoms with E-state index in [2.05, 4.69) is 10.3 Å². The zero-order chi connectivity index (χ0) is 20.6. The molecule has 2 fully saturated rings. The van der Waals surface area contributed by atoms with Gasteiger partial charge in [-0.3, -0.25) is 9.59 Å². The van der Waals surface area contributed by atoms with E-state index in [1.54, 1.807) is 11.0 Å². The van der Waals surface area contributed by atoms with Crippen LogP contribution in [-0.4, -0.2) is 34.8 Å². The van der Waals surface area contributed by atoms with Crippen LogP contribution in [0.25, 0.3) is 0 Å². The molecule has 2 heterocycles. The summed E-state index contributed by atoms with van der Waals surface area (Å²) in [6.07, 6.45) is 0.296. The second-order valence-electron chi connectivity index (χ2n) is 7.43. The maximum absolute atomic E-state index is 13.2. The molecule has 1 N–H and O–H groups in total. The number of hydrogen-bond acceptors (Lipinski definition) is 4. The number of alkyl halides is 3. The number of nitrogens with zero attached hydrogens (tertiary/aromatic N) is 2. The molecule has 1 aromatic heterocycles. The number of hydrogen-bond donors (Lipinski definition) is 1.